The van der Waals surface area contributed by atoms with Crippen LogP contribution in [-0.2, 0) is 42.8 Å². The molecule has 0 atom stereocenters. The van der Waals surface area contributed by atoms with Gasteiger partial charge in [0.2, 0.25) is 17.7 Å². The van der Waals surface area contributed by atoms with Crippen molar-refractivity contribution in [3.05, 3.63) is 84.6 Å². The van der Waals surface area contributed by atoms with Gasteiger partial charge in [-0.3, -0.25) is 14.4 Å². The second-order valence-corrected chi connectivity index (χ2v) is 17.7. The van der Waals surface area contributed by atoms with Gasteiger partial charge < -0.3 is 43.1 Å². The Balaban J connectivity index is 0.000000470. The van der Waals surface area contributed by atoms with Crippen molar-refractivity contribution in [3.8, 4) is 0 Å². The van der Waals surface area contributed by atoms with Gasteiger partial charge in [0.15, 0.2) is 34.1 Å². The predicted molar refractivity (Wildman–Crippen MR) is 249 cm³/mol. The van der Waals surface area contributed by atoms with Crippen LogP contribution in [0.4, 0.5) is 14.4 Å². The largest absolute Gasteiger partial charge is 0.514 e. The zero-order valence-corrected chi connectivity index (χ0v) is 40.4. The third-order valence-corrected chi connectivity index (χ3v) is 10.7. The second-order valence-electron chi connectivity index (χ2n) is 17.7. The number of allylic oxidation sites excluding steroid dienone is 4. The third-order valence-electron chi connectivity index (χ3n) is 10.7. The van der Waals surface area contributed by atoms with Crippen LogP contribution in [0.3, 0.4) is 0 Å². The highest BCUT2D eigenvalue weighted by atomic mass is 16.8. The van der Waals surface area contributed by atoms with E-state index in [0.29, 0.717) is 56.2 Å². The molecule has 0 aromatic heterocycles. The quantitative estimate of drug-likeness (QED) is 0.0396. The average molecular weight is 910 g/mol. The highest BCUT2D eigenvalue weighted by Crippen LogP contribution is 2.32. The zero-order chi connectivity index (χ0) is 48.5. The first-order valence-corrected chi connectivity index (χ1v) is 22.9. The van der Waals surface area contributed by atoms with Gasteiger partial charge in [-0.2, -0.15) is 0 Å². The fourth-order valence-corrected chi connectivity index (χ4v) is 6.61. The van der Waals surface area contributed by atoms with E-state index < -0.39 is 35.3 Å². The molecule has 15 nitrogen and oxygen atoms in total. The molecule has 15 heteroatoms. The van der Waals surface area contributed by atoms with E-state index in [4.69, 9.17) is 28.4 Å². The Morgan fingerprint density at radius 1 is 0.523 bits per heavy atom. The number of unbranched alkanes of at least 4 members (excludes halogenated alkanes) is 5. The lowest BCUT2D eigenvalue weighted by Crippen LogP contribution is -2.26. The summed E-state index contributed by atoms with van der Waals surface area (Å²) in [6.45, 7) is 15.5. The number of hydrogen-bond acceptors (Lipinski definition) is 12. The highest BCUT2D eigenvalue weighted by molar-refractivity contribution is 5.88. The van der Waals surface area contributed by atoms with Gasteiger partial charge in [-0.25, -0.2) is 14.4 Å². The first-order valence-electron chi connectivity index (χ1n) is 22.9. The summed E-state index contributed by atoms with van der Waals surface area (Å²) >= 11 is 0. The van der Waals surface area contributed by atoms with Crippen LogP contribution in [0.15, 0.2) is 84.6 Å². The summed E-state index contributed by atoms with van der Waals surface area (Å²) in [5.41, 5.74) is -2.27. The molecule has 0 unspecified atom stereocenters. The molecule has 3 amide bonds. The number of rotatable bonds is 19. The van der Waals surface area contributed by atoms with Crippen molar-refractivity contribution in [2.45, 2.75) is 155 Å². The van der Waals surface area contributed by atoms with E-state index >= 15 is 0 Å². The van der Waals surface area contributed by atoms with Crippen LogP contribution in [0.5, 0.6) is 0 Å². The highest BCUT2D eigenvalue weighted by Gasteiger charge is 2.40. The van der Waals surface area contributed by atoms with Gasteiger partial charge in [0.1, 0.15) is 0 Å². The van der Waals surface area contributed by atoms with Crippen LogP contribution in [0.2, 0.25) is 0 Å². The van der Waals surface area contributed by atoms with Crippen LogP contribution in [0, 0.1) is 0 Å². The van der Waals surface area contributed by atoms with E-state index in [1.54, 1.807) is 103 Å². The van der Waals surface area contributed by atoms with Gasteiger partial charge in [-0.15, -0.1) is 0 Å². The molecule has 3 aliphatic heterocycles. The first-order chi connectivity index (χ1) is 30.7. The number of ether oxygens (including phenoxy) is 6. The number of carbonyl (C=O) groups excluding carboxylic acids is 6. The maximum absolute atomic E-state index is 12.3. The Kier molecular flexibility index (Phi) is 24.2. The number of hydrogen-bond donors (Lipinski definition) is 0. The third kappa shape index (κ3) is 21.8. The Labute approximate surface area is 387 Å². The van der Waals surface area contributed by atoms with Crippen molar-refractivity contribution in [3.63, 3.8) is 0 Å². The van der Waals surface area contributed by atoms with E-state index in [2.05, 4.69) is 18.7 Å². The molecular weight excluding hydrogens is 835 g/mol. The standard InChI is InChI=1S/C30H44N2O8.C12H17NO4.C8H14/c1-29(2)23(37-27(35)39-29)17-15-21-31(5)25(33)19-13-11-9-7-8-10-12-14-20-26(34)32(6)22-16-18-24-30(3,4)40-28(36)38-24;1-5-10(14)13(4)8-6-7-9-12(2,3)17-11(15)16-9;1-2-4-6-8-7-5-3-1/h13-14,17-20H,7-12,15-16,21-22H2,1-6H3;5,7H,1,6,8H2,2-4H3;1-2H,3-8H2/b19-13?,20-14?,23-17+,24-18+;9-7+;. The Bertz CT molecular complexity index is 1710. The number of likely N-dealkylation sites (N-methyl/N-ethyl adjacent to an activating group) is 3. The normalized spacial score (nSPS) is 20.0. The molecule has 3 saturated heterocycles. The minimum Gasteiger partial charge on any atom is -0.420 e. The SMILES string of the molecule is C1=CCCCCCC1.C=CC(=O)N(C)CC/C=C1/OC(=O)OC1(C)C.CN(CC/C=C1/OC(=O)OC1(C)C)C(=O)C=CCCCCCCC=CC(=O)N(C)CC/C=C1/OC(=O)OC1(C)C. The molecular formula is C50H75N3O12. The zero-order valence-electron chi connectivity index (χ0n) is 40.4. The van der Waals surface area contributed by atoms with Gasteiger partial charge in [0, 0.05) is 40.8 Å². The predicted octanol–water partition coefficient (Wildman–Crippen LogP) is 10.5. The minimum absolute atomic E-state index is 0.0615. The van der Waals surface area contributed by atoms with E-state index in [0.717, 1.165) is 38.5 Å². The molecule has 0 saturated carbocycles. The lowest BCUT2D eigenvalue weighted by molar-refractivity contribution is -0.125. The number of cyclic esters (lactones) is 6. The smallest absolute Gasteiger partial charge is 0.420 e. The fourth-order valence-electron chi connectivity index (χ4n) is 6.61. The molecule has 0 aromatic rings. The summed E-state index contributed by atoms with van der Waals surface area (Å²) in [6.07, 6.45) is 32.0. The van der Waals surface area contributed by atoms with Gasteiger partial charge in [-0.05, 0) is 149 Å². The van der Waals surface area contributed by atoms with Crippen LogP contribution < -0.4 is 0 Å². The molecule has 65 heavy (non-hydrogen) atoms. The number of carbonyl (C=O) groups is 6. The summed E-state index contributed by atoms with van der Waals surface area (Å²) in [5, 5.41) is 0. The maximum Gasteiger partial charge on any atom is 0.514 e. The lowest BCUT2D eigenvalue weighted by atomic mass is 10.1. The van der Waals surface area contributed by atoms with E-state index in [1.165, 1.54) is 49.5 Å². The molecule has 0 spiro atoms. The Morgan fingerprint density at radius 2 is 0.846 bits per heavy atom. The first kappa shape index (κ1) is 55.5. The van der Waals surface area contributed by atoms with E-state index in [9.17, 15) is 28.8 Å². The minimum atomic E-state index is -0.771. The molecule has 3 heterocycles. The summed E-state index contributed by atoms with van der Waals surface area (Å²) < 4.78 is 30.1. The van der Waals surface area contributed by atoms with Crippen molar-refractivity contribution < 1.29 is 57.2 Å². The molecule has 0 bridgehead atoms. The molecule has 0 N–H and O–H groups in total. The van der Waals surface area contributed by atoms with E-state index in [1.807, 2.05) is 12.2 Å². The van der Waals surface area contributed by atoms with Crippen molar-refractivity contribution in [2.24, 2.45) is 0 Å². The summed E-state index contributed by atoms with van der Waals surface area (Å²) in [5.74, 6) is 1.18. The van der Waals surface area contributed by atoms with Gasteiger partial charge in [0.05, 0.1) is 0 Å². The molecule has 4 aliphatic rings. The van der Waals surface area contributed by atoms with Crippen molar-refractivity contribution in [1.82, 2.24) is 14.7 Å². The molecule has 3 fully saturated rings. The van der Waals surface area contributed by atoms with E-state index in [-0.39, 0.29) is 17.7 Å². The van der Waals surface area contributed by atoms with Crippen LogP contribution in [0.1, 0.15) is 138 Å². The second kappa shape index (κ2) is 28.3. The van der Waals surface area contributed by atoms with Crippen molar-refractivity contribution >= 4 is 36.2 Å². The van der Waals surface area contributed by atoms with Crippen molar-refractivity contribution in [2.75, 3.05) is 40.8 Å². The van der Waals surface area contributed by atoms with Gasteiger partial charge in [0.25, 0.3) is 0 Å². The number of nitrogens with zero attached hydrogens (tertiary/aromatic N) is 3. The Hall–Kier alpha value is -5.60. The van der Waals surface area contributed by atoms with Crippen molar-refractivity contribution in [1.29, 1.82) is 0 Å². The van der Waals surface area contributed by atoms with Crippen LogP contribution >= 0.6 is 0 Å². The van der Waals surface area contributed by atoms with Gasteiger partial charge in [-0.1, -0.05) is 56.6 Å². The molecule has 0 aromatic carbocycles. The molecule has 0 radical (unpaired) electrons. The topological polar surface area (TPSA) is 168 Å². The summed E-state index contributed by atoms with van der Waals surface area (Å²) in [6, 6.07) is 0. The fraction of sp³-hybridized carbons (Fsp3) is 0.600. The summed E-state index contributed by atoms with van der Waals surface area (Å²) in [4.78, 5) is 74.0. The number of amides is 3. The Morgan fingerprint density at radius 3 is 1.14 bits per heavy atom. The van der Waals surface area contributed by atoms with Gasteiger partial charge >= 0.3 is 18.5 Å². The average Bonchev–Trinajstić information content (AvgIpc) is 3.76. The molecule has 1 aliphatic carbocycles. The van der Waals surface area contributed by atoms with Crippen LogP contribution in [0.25, 0.3) is 0 Å². The monoisotopic (exact) mass is 910 g/mol. The molecule has 4 rings (SSSR count). The maximum atomic E-state index is 12.3. The van der Waals surface area contributed by atoms with Crippen LogP contribution in [-0.4, -0.2) is 108 Å². The molecule has 362 valence electrons. The summed E-state index contributed by atoms with van der Waals surface area (Å²) in [7, 11) is 5.17. The lowest BCUT2D eigenvalue weighted by Gasteiger charge is -2.16.